The number of urea groups is 1. The third-order valence-corrected chi connectivity index (χ3v) is 4.93. The summed E-state index contributed by atoms with van der Waals surface area (Å²) in [7, 11) is 0. The Hall–Kier alpha value is -2.80. The van der Waals surface area contributed by atoms with E-state index in [2.05, 4.69) is 20.5 Å². The van der Waals surface area contributed by atoms with Crippen molar-refractivity contribution in [3.8, 4) is 0 Å². The van der Waals surface area contributed by atoms with Gasteiger partial charge in [0.2, 0.25) is 5.91 Å². The summed E-state index contributed by atoms with van der Waals surface area (Å²) in [6.45, 7) is 4.72. The van der Waals surface area contributed by atoms with Gasteiger partial charge < -0.3 is 20.4 Å². The summed E-state index contributed by atoms with van der Waals surface area (Å²) in [5, 5.41) is 6.29. The van der Waals surface area contributed by atoms with Crippen LogP contribution in [0, 0.1) is 0 Å². The number of amides is 3. The fourth-order valence-corrected chi connectivity index (χ4v) is 3.13. The molecule has 1 unspecified atom stereocenters. The Labute approximate surface area is 169 Å². The Morgan fingerprint density at radius 3 is 2.50 bits per heavy atom. The first kappa shape index (κ1) is 19.9. The average molecular weight is 402 g/mol. The molecule has 148 valence electrons. The van der Waals surface area contributed by atoms with Gasteiger partial charge in [0.1, 0.15) is 6.04 Å². The molecule has 0 aliphatic carbocycles. The zero-order valence-corrected chi connectivity index (χ0v) is 16.5. The lowest BCUT2D eigenvalue weighted by atomic mass is 10.2. The van der Waals surface area contributed by atoms with Crippen molar-refractivity contribution in [2.75, 3.05) is 31.1 Å². The van der Waals surface area contributed by atoms with Gasteiger partial charge in [-0.15, -0.1) is 0 Å². The molecule has 8 heteroatoms. The summed E-state index contributed by atoms with van der Waals surface area (Å²) in [6.07, 6.45) is 3.38. The highest BCUT2D eigenvalue weighted by Gasteiger charge is 2.24. The fraction of sp³-hybridized carbons (Fsp3) is 0.350. The lowest BCUT2D eigenvalue weighted by Gasteiger charge is -2.36. The van der Waals surface area contributed by atoms with E-state index >= 15 is 0 Å². The predicted octanol–water partition coefficient (Wildman–Crippen LogP) is 2.27. The number of hydrogen-bond acceptors (Lipinski definition) is 4. The van der Waals surface area contributed by atoms with Crippen LogP contribution in [0.1, 0.15) is 12.5 Å². The van der Waals surface area contributed by atoms with Gasteiger partial charge in [0, 0.05) is 55.8 Å². The van der Waals surface area contributed by atoms with Crippen molar-refractivity contribution in [1.29, 1.82) is 0 Å². The molecule has 1 aromatic carbocycles. The molecule has 1 saturated heterocycles. The molecule has 0 spiro atoms. The van der Waals surface area contributed by atoms with E-state index in [-0.39, 0.29) is 11.9 Å². The van der Waals surface area contributed by atoms with Crippen molar-refractivity contribution in [3.63, 3.8) is 0 Å². The molecule has 3 rings (SSSR count). The molecule has 1 aromatic heterocycles. The number of hydrogen-bond donors (Lipinski definition) is 2. The number of rotatable bonds is 5. The molecule has 2 N–H and O–H groups in total. The van der Waals surface area contributed by atoms with E-state index in [0.717, 1.165) is 24.3 Å². The molecule has 0 saturated carbocycles. The SMILES string of the molecule is CC(NC(=O)N1CCN(c2ccc(Cl)cc2)CC1)C(=O)NCc1cccnc1. The normalized spacial score (nSPS) is 15.1. The molecular formula is C20H24ClN5O2. The average Bonchev–Trinajstić information content (AvgIpc) is 2.73. The van der Waals surface area contributed by atoms with Crippen LogP contribution in [0.15, 0.2) is 48.8 Å². The Morgan fingerprint density at radius 1 is 1.14 bits per heavy atom. The molecule has 1 aliphatic rings. The number of nitrogens with zero attached hydrogens (tertiary/aromatic N) is 3. The summed E-state index contributed by atoms with van der Waals surface area (Å²) in [4.78, 5) is 32.6. The molecule has 28 heavy (non-hydrogen) atoms. The van der Waals surface area contributed by atoms with Crippen LogP contribution < -0.4 is 15.5 Å². The van der Waals surface area contributed by atoms with Crippen LogP contribution in [0.2, 0.25) is 5.02 Å². The zero-order chi connectivity index (χ0) is 19.9. The van der Waals surface area contributed by atoms with Crippen molar-refractivity contribution < 1.29 is 9.59 Å². The lowest BCUT2D eigenvalue weighted by molar-refractivity contribution is -0.122. The van der Waals surface area contributed by atoms with Crippen molar-refractivity contribution >= 4 is 29.2 Å². The monoisotopic (exact) mass is 401 g/mol. The number of benzene rings is 1. The van der Waals surface area contributed by atoms with E-state index in [0.29, 0.717) is 24.7 Å². The van der Waals surface area contributed by atoms with E-state index in [4.69, 9.17) is 11.6 Å². The van der Waals surface area contributed by atoms with Gasteiger partial charge in [-0.1, -0.05) is 17.7 Å². The third-order valence-electron chi connectivity index (χ3n) is 4.68. The van der Waals surface area contributed by atoms with Crippen molar-refractivity contribution in [1.82, 2.24) is 20.5 Å². The highest BCUT2D eigenvalue weighted by Crippen LogP contribution is 2.19. The van der Waals surface area contributed by atoms with Gasteiger partial charge in [0.15, 0.2) is 0 Å². The summed E-state index contributed by atoms with van der Waals surface area (Å²) in [5.41, 5.74) is 2.00. The topological polar surface area (TPSA) is 77.6 Å². The van der Waals surface area contributed by atoms with E-state index in [1.807, 2.05) is 36.4 Å². The number of halogens is 1. The van der Waals surface area contributed by atoms with Crippen LogP contribution in [0.5, 0.6) is 0 Å². The van der Waals surface area contributed by atoms with Gasteiger partial charge in [0.05, 0.1) is 0 Å². The molecule has 1 atom stereocenters. The molecule has 7 nitrogen and oxygen atoms in total. The van der Waals surface area contributed by atoms with E-state index in [1.165, 1.54) is 0 Å². The van der Waals surface area contributed by atoms with Crippen molar-refractivity contribution in [3.05, 3.63) is 59.4 Å². The fourth-order valence-electron chi connectivity index (χ4n) is 3.01. The van der Waals surface area contributed by atoms with E-state index in [9.17, 15) is 9.59 Å². The number of nitrogens with one attached hydrogen (secondary N) is 2. The van der Waals surface area contributed by atoms with Gasteiger partial charge in [-0.25, -0.2) is 4.79 Å². The smallest absolute Gasteiger partial charge is 0.318 e. The number of piperazine rings is 1. The van der Waals surface area contributed by atoms with Gasteiger partial charge in [0.25, 0.3) is 0 Å². The Morgan fingerprint density at radius 2 is 1.86 bits per heavy atom. The maximum atomic E-state index is 12.5. The first-order valence-corrected chi connectivity index (χ1v) is 9.63. The first-order chi connectivity index (χ1) is 13.5. The van der Waals surface area contributed by atoms with Gasteiger partial charge in [-0.05, 0) is 42.8 Å². The Bertz CT molecular complexity index is 792. The number of carbonyl (C=O) groups is 2. The second kappa shape index (κ2) is 9.41. The predicted molar refractivity (Wildman–Crippen MR) is 109 cm³/mol. The summed E-state index contributed by atoms with van der Waals surface area (Å²) in [5.74, 6) is -0.225. The van der Waals surface area contributed by atoms with Crippen molar-refractivity contribution in [2.24, 2.45) is 0 Å². The molecule has 2 aromatic rings. The highest BCUT2D eigenvalue weighted by molar-refractivity contribution is 6.30. The number of pyridine rings is 1. The van der Waals surface area contributed by atoms with Gasteiger partial charge in [-0.2, -0.15) is 0 Å². The largest absolute Gasteiger partial charge is 0.368 e. The van der Waals surface area contributed by atoms with Crippen LogP contribution in [0.3, 0.4) is 0 Å². The molecule has 1 fully saturated rings. The number of carbonyl (C=O) groups excluding carboxylic acids is 2. The van der Waals surface area contributed by atoms with Gasteiger partial charge >= 0.3 is 6.03 Å². The van der Waals surface area contributed by atoms with Crippen LogP contribution in [0.4, 0.5) is 10.5 Å². The minimum atomic E-state index is -0.613. The summed E-state index contributed by atoms with van der Waals surface area (Å²) >= 11 is 5.93. The summed E-state index contributed by atoms with van der Waals surface area (Å²) < 4.78 is 0. The second-order valence-corrected chi connectivity index (χ2v) is 7.14. The third kappa shape index (κ3) is 5.36. The van der Waals surface area contributed by atoms with Crippen LogP contribution in [-0.4, -0.2) is 54.0 Å². The maximum absolute atomic E-state index is 12.5. The highest BCUT2D eigenvalue weighted by atomic mass is 35.5. The maximum Gasteiger partial charge on any atom is 0.318 e. The molecule has 0 bridgehead atoms. The molecular weight excluding hydrogens is 378 g/mol. The molecule has 3 amide bonds. The lowest BCUT2D eigenvalue weighted by Crippen LogP contribution is -2.55. The number of aromatic nitrogens is 1. The van der Waals surface area contributed by atoms with Crippen LogP contribution >= 0.6 is 11.6 Å². The second-order valence-electron chi connectivity index (χ2n) is 6.70. The van der Waals surface area contributed by atoms with E-state index < -0.39 is 6.04 Å². The quantitative estimate of drug-likeness (QED) is 0.805. The van der Waals surface area contributed by atoms with Crippen LogP contribution in [0.25, 0.3) is 0 Å². The zero-order valence-electron chi connectivity index (χ0n) is 15.8. The Balaban J connectivity index is 1.43. The Kier molecular flexibility index (Phi) is 6.71. The summed E-state index contributed by atoms with van der Waals surface area (Å²) in [6, 6.07) is 10.6. The first-order valence-electron chi connectivity index (χ1n) is 9.25. The minimum absolute atomic E-state index is 0.222. The number of anilines is 1. The molecule has 1 aliphatic heterocycles. The van der Waals surface area contributed by atoms with E-state index in [1.54, 1.807) is 24.2 Å². The standard InChI is InChI=1S/C20H24ClN5O2/c1-15(19(27)23-14-16-3-2-8-22-13-16)24-20(28)26-11-9-25(10-12-26)18-6-4-17(21)5-7-18/h2-8,13,15H,9-12,14H2,1H3,(H,23,27)(H,24,28). The molecule has 2 heterocycles. The van der Waals surface area contributed by atoms with Crippen molar-refractivity contribution in [2.45, 2.75) is 19.5 Å². The minimum Gasteiger partial charge on any atom is -0.368 e. The van der Waals surface area contributed by atoms with Crippen LogP contribution in [-0.2, 0) is 11.3 Å². The van der Waals surface area contributed by atoms with Gasteiger partial charge in [-0.3, -0.25) is 9.78 Å². The molecule has 0 radical (unpaired) electrons.